The lowest BCUT2D eigenvalue weighted by molar-refractivity contribution is 0.160. The van der Waals surface area contributed by atoms with Gasteiger partial charge in [-0.1, -0.05) is 6.42 Å². The first kappa shape index (κ1) is 13.4. The molecule has 102 valence electrons. The van der Waals surface area contributed by atoms with Crippen molar-refractivity contribution in [3.05, 3.63) is 12.4 Å². The average molecular weight is 250 g/mol. The van der Waals surface area contributed by atoms with E-state index < -0.39 is 0 Å². The standard InChI is InChI=1S/C14H26N4/c1-3-17-12-9-16-14(17)15-8-6-11-18-10-5-4-7-13(18)2/h9,12-13H,3-8,10-11H2,1-2H3,(H,15,16). The fraction of sp³-hybridized carbons (Fsp3) is 0.786. The molecule has 1 atom stereocenters. The van der Waals surface area contributed by atoms with Crippen LogP contribution in [0.5, 0.6) is 0 Å². The Balaban J connectivity index is 1.66. The van der Waals surface area contributed by atoms with Gasteiger partial charge in [0, 0.05) is 38.1 Å². The average Bonchev–Trinajstić information content (AvgIpc) is 2.84. The van der Waals surface area contributed by atoms with Gasteiger partial charge >= 0.3 is 0 Å². The number of nitrogens with one attached hydrogen (secondary N) is 1. The molecule has 0 spiro atoms. The number of imidazole rings is 1. The number of rotatable bonds is 6. The molecule has 1 aliphatic rings. The topological polar surface area (TPSA) is 33.1 Å². The van der Waals surface area contributed by atoms with E-state index in [2.05, 4.69) is 33.6 Å². The molecule has 0 saturated carbocycles. The fourth-order valence-electron chi connectivity index (χ4n) is 2.70. The Labute approximate surface area is 110 Å². The van der Waals surface area contributed by atoms with E-state index in [0.717, 1.165) is 25.1 Å². The molecule has 2 heterocycles. The molecular formula is C14H26N4. The summed E-state index contributed by atoms with van der Waals surface area (Å²) >= 11 is 0. The van der Waals surface area contributed by atoms with Gasteiger partial charge in [-0.15, -0.1) is 0 Å². The minimum atomic E-state index is 0.774. The zero-order valence-corrected chi connectivity index (χ0v) is 11.7. The molecule has 2 rings (SSSR count). The van der Waals surface area contributed by atoms with Gasteiger partial charge in [-0.3, -0.25) is 0 Å². The van der Waals surface area contributed by atoms with Crippen LogP contribution in [0.2, 0.25) is 0 Å². The number of nitrogens with zero attached hydrogens (tertiary/aromatic N) is 3. The largest absolute Gasteiger partial charge is 0.356 e. The van der Waals surface area contributed by atoms with Gasteiger partial charge in [0.15, 0.2) is 0 Å². The lowest BCUT2D eigenvalue weighted by atomic mass is 10.0. The lowest BCUT2D eigenvalue weighted by Crippen LogP contribution is -2.38. The van der Waals surface area contributed by atoms with Crippen LogP contribution in [0.3, 0.4) is 0 Å². The Hall–Kier alpha value is -1.03. The van der Waals surface area contributed by atoms with Gasteiger partial charge in [0.25, 0.3) is 0 Å². The van der Waals surface area contributed by atoms with E-state index >= 15 is 0 Å². The molecule has 0 aromatic carbocycles. The molecule has 4 nitrogen and oxygen atoms in total. The van der Waals surface area contributed by atoms with Crippen molar-refractivity contribution in [1.29, 1.82) is 0 Å². The van der Waals surface area contributed by atoms with Crippen molar-refractivity contribution >= 4 is 5.95 Å². The summed E-state index contributed by atoms with van der Waals surface area (Å²) in [7, 11) is 0. The SMILES string of the molecule is CCn1ccnc1NCCCN1CCCCC1C. The molecule has 1 saturated heterocycles. The highest BCUT2D eigenvalue weighted by Gasteiger charge is 2.16. The van der Waals surface area contributed by atoms with Crippen molar-refractivity contribution in [2.75, 3.05) is 25.0 Å². The number of aryl methyl sites for hydroxylation is 1. The van der Waals surface area contributed by atoms with Crippen molar-refractivity contribution < 1.29 is 0 Å². The minimum absolute atomic E-state index is 0.774. The molecule has 1 fully saturated rings. The van der Waals surface area contributed by atoms with Gasteiger partial charge in [0.1, 0.15) is 0 Å². The monoisotopic (exact) mass is 250 g/mol. The molecule has 1 N–H and O–H groups in total. The first-order valence-electron chi connectivity index (χ1n) is 7.30. The Morgan fingerprint density at radius 1 is 1.44 bits per heavy atom. The molecule has 18 heavy (non-hydrogen) atoms. The van der Waals surface area contributed by atoms with Crippen LogP contribution < -0.4 is 5.32 Å². The van der Waals surface area contributed by atoms with Crippen LogP contribution in [0, 0.1) is 0 Å². The summed E-state index contributed by atoms with van der Waals surface area (Å²) in [4.78, 5) is 6.95. The van der Waals surface area contributed by atoms with Gasteiger partial charge in [-0.2, -0.15) is 0 Å². The molecule has 4 heteroatoms. The molecule has 0 bridgehead atoms. The number of hydrogen-bond acceptors (Lipinski definition) is 3. The second kappa shape index (κ2) is 6.78. The van der Waals surface area contributed by atoms with Crippen molar-refractivity contribution in [3.8, 4) is 0 Å². The summed E-state index contributed by atoms with van der Waals surface area (Å²) in [5.74, 6) is 1.00. The number of anilines is 1. The molecule has 1 aliphatic heterocycles. The van der Waals surface area contributed by atoms with Crippen LogP contribution >= 0.6 is 0 Å². The normalized spacial score (nSPS) is 21.1. The number of hydrogen-bond donors (Lipinski definition) is 1. The predicted molar refractivity (Wildman–Crippen MR) is 75.9 cm³/mol. The van der Waals surface area contributed by atoms with Crippen LogP contribution in [-0.2, 0) is 6.54 Å². The van der Waals surface area contributed by atoms with E-state index in [-0.39, 0.29) is 0 Å². The van der Waals surface area contributed by atoms with Crippen molar-refractivity contribution in [2.45, 2.75) is 52.1 Å². The molecule has 0 amide bonds. The Morgan fingerprint density at radius 3 is 3.11 bits per heavy atom. The molecule has 1 aromatic heterocycles. The van der Waals surface area contributed by atoms with Crippen molar-refractivity contribution in [2.24, 2.45) is 0 Å². The molecule has 1 unspecified atom stereocenters. The van der Waals surface area contributed by atoms with Crippen LogP contribution in [0.1, 0.15) is 39.5 Å². The van der Waals surface area contributed by atoms with Crippen LogP contribution in [0.15, 0.2) is 12.4 Å². The molecule has 0 aliphatic carbocycles. The van der Waals surface area contributed by atoms with E-state index in [4.69, 9.17) is 0 Å². The maximum atomic E-state index is 4.32. The summed E-state index contributed by atoms with van der Waals surface area (Å²) in [6.45, 7) is 8.98. The van der Waals surface area contributed by atoms with Crippen molar-refractivity contribution in [1.82, 2.24) is 14.5 Å². The fourth-order valence-corrected chi connectivity index (χ4v) is 2.70. The highest BCUT2D eigenvalue weighted by atomic mass is 15.2. The van der Waals surface area contributed by atoms with E-state index in [1.165, 1.54) is 38.8 Å². The third-order valence-corrected chi connectivity index (χ3v) is 3.90. The van der Waals surface area contributed by atoms with E-state index in [1.807, 2.05) is 12.4 Å². The highest BCUT2D eigenvalue weighted by Crippen LogP contribution is 2.16. The summed E-state index contributed by atoms with van der Waals surface area (Å²) in [5, 5.41) is 3.42. The zero-order valence-electron chi connectivity index (χ0n) is 11.7. The molecule has 1 aromatic rings. The first-order chi connectivity index (χ1) is 8.81. The third-order valence-electron chi connectivity index (χ3n) is 3.90. The first-order valence-corrected chi connectivity index (χ1v) is 7.30. The van der Waals surface area contributed by atoms with Crippen LogP contribution in [0.25, 0.3) is 0 Å². The second-order valence-electron chi connectivity index (χ2n) is 5.20. The van der Waals surface area contributed by atoms with E-state index in [9.17, 15) is 0 Å². The van der Waals surface area contributed by atoms with Gasteiger partial charge in [-0.25, -0.2) is 4.98 Å². The van der Waals surface area contributed by atoms with E-state index in [0.29, 0.717) is 0 Å². The Bertz CT molecular complexity index is 347. The van der Waals surface area contributed by atoms with Crippen LogP contribution in [0.4, 0.5) is 5.95 Å². The van der Waals surface area contributed by atoms with Gasteiger partial charge < -0.3 is 14.8 Å². The molecular weight excluding hydrogens is 224 g/mol. The van der Waals surface area contributed by atoms with E-state index in [1.54, 1.807) is 0 Å². The smallest absolute Gasteiger partial charge is 0.202 e. The third kappa shape index (κ3) is 3.48. The maximum Gasteiger partial charge on any atom is 0.202 e. The Kier molecular flexibility index (Phi) is 5.05. The lowest BCUT2D eigenvalue weighted by Gasteiger charge is -2.33. The highest BCUT2D eigenvalue weighted by molar-refractivity contribution is 5.25. The van der Waals surface area contributed by atoms with Crippen molar-refractivity contribution in [3.63, 3.8) is 0 Å². The predicted octanol–water partition coefficient (Wildman–Crippen LogP) is 2.58. The number of aromatic nitrogens is 2. The summed E-state index contributed by atoms with van der Waals surface area (Å²) in [5.41, 5.74) is 0. The number of piperidine rings is 1. The summed E-state index contributed by atoms with van der Waals surface area (Å²) in [6.07, 6.45) is 9.23. The van der Waals surface area contributed by atoms with Gasteiger partial charge in [-0.05, 0) is 39.7 Å². The molecule has 0 radical (unpaired) electrons. The second-order valence-corrected chi connectivity index (χ2v) is 5.20. The van der Waals surface area contributed by atoms with Gasteiger partial charge in [0.05, 0.1) is 0 Å². The van der Waals surface area contributed by atoms with Crippen LogP contribution in [-0.4, -0.2) is 40.1 Å². The maximum absolute atomic E-state index is 4.32. The minimum Gasteiger partial charge on any atom is -0.356 e. The van der Waals surface area contributed by atoms with Gasteiger partial charge in [0.2, 0.25) is 5.95 Å². The number of likely N-dealkylation sites (tertiary alicyclic amines) is 1. The summed E-state index contributed by atoms with van der Waals surface area (Å²) in [6, 6.07) is 0.774. The quantitative estimate of drug-likeness (QED) is 0.788. The Morgan fingerprint density at radius 2 is 2.33 bits per heavy atom. The zero-order chi connectivity index (χ0) is 12.8. The summed E-state index contributed by atoms with van der Waals surface area (Å²) < 4.78 is 2.14.